The van der Waals surface area contributed by atoms with E-state index >= 15 is 0 Å². The molecule has 5 aromatic carbocycles. The third-order valence-electron chi connectivity index (χ3n) is 8.61. The Kier molecular flexibility index (Phi) is 7.82. The van der Waals surface area contributed by atoms with Gasteiger partial charge in [-0.25, -0.2) is 0 Å². The van der Waals surface area contributed by atoms with Crippen molar-refractivity contribution in [3.63, 3.8) is 0 Å². The van der Waals surface area contributed by atoms with E-state index in [4.69, 9.17) is 4.42 Å². The lowest BCUT2D eigenvalue weighted by atomic mass is 9.87. The van der Waals surface area contributed by atoms with E-state index in [0.717, 1.165) is 33.9 Å². The average molecular weight is 615 g/mol. The van der Waals surface area contributed by atoms with Crippen LogP contribution in [0.2, 0.25) is 0 Å². The van der Waals surface area contributed by atoms with Crippen LogP contribution in [0.3, 0.4) is 0 Å². The summed E-state index contributed by atoms with van der Waals surface area (Å²) in [5, 5.41) is 11.2. The predicted molar refractivity (Wildman–Crippen MR) is 195 cm³/mol. The zero-order chi connectivity index (χ0) is 32.5. The summed E-state index contributed by atoms with van der Waals surface area (Å²) in [6.45, 7) is 10.8. The van der Waals surface area contributed by atoms with Crippen molar-refractivity contribution < 1.29 is 4.42 Å². The molecule has 0 unspecified atom stereocenters. The van der Waals surface area contributed by atoms with E-state index in [9.17, 15) is 0 Å². The number of anilines is 2. The van der Waals surface area contributed by atoms with Gasteiger partial charge >= 0.3 is 0 Å². The monoisotopic (exact) mass is 614 g/mol. The van der Waals surface area contributed by atoms with E-state index in [-0.39, 0.29) is 5.41 Å². The molecule has 0 saturated carbocycles. The molecule has 0 amide bonds. The van der Waals surface area contributed by atoms with Crippen LogP contribution in [0.25, 0.3) is 50.4 Å². The number of hydrogen-bond donors (Lipinski definition) is 0. The summed E-state index contributed by atoms with van der Waals surface area (Å²) in [6, 6.07) is 42.6. The van der Waals surface area contributed by atoms with Gasteiger partial charge in [0.05, 0.1) is 11.0 Å². The highest BCUT2D eigenvalue weighted by Crippen LogP contribution is 2.38. The molecule has 0 spiro atoms. The van der Waals surface area contributed by atoms with E-state index in [1.807, 2.05) is 37.3 Å². The maximum atomic E-state index is 6.14. The second kappa shape index (κ2) is 12.3. The van der Waals surface area contributed by atoms with Crippen molar-refractivity contribution in [3.8, 4) is 28.6 Å². The summed E-state index contributed by atoms with van der Waals surface area (Å²) in [7, 11) is 0. The van der Waals surface area contributed by atoms with Gasteiger partial charge in [0.25, 0.3) is 0 Å². The normalized spacial score (nSPS) is 12.4. The molecule has 5 heteroatoms. The molecule has 2 heterocycles. The second-order valence-corrected chi connectivity index (χ2v) is 12.8. The summed E-state index contributed by atoms with van der Waals surface area (Å²) in [5.74, 6) is 1.01. The van der Waals surface area contributed by atoms with Crippen LogP contribution in [-0.4, -0.2) is 14.8 Å². The molecule has 0 aliphatic carbocycles. The molecule has 0 bridgehead atoms. The molecule has 232 valence electrons. The molecule has 0 N–H and O–H groups in total. The van der Waals surface area contributed by atoms with E-state index in [2.05, 4.69) is 157 Å². The molecule has 47 heavy (non-hydrogen) atoms. The van der Waals surface area contributed by atoms with Gasteiger partial charge in [0, 0.05) is 44.7 Å². The minimum absolute atomic E-state index is 0.0847. The van der Waals surface area contributed by atoms with Gasteiger partial charge in [-0.15, -0.1) is 10.2 Å². The predicted octanol–water partition coefficient (Wildman–Crippen LogP) is 11.4. The lowest BCUT2D eigenvalue weighted by Crippen LogP contribution is -2.14. The van der Waals surface area contributed by atoms with E-state index < -0.39 is 0 Å². The zero-order valence-electron chi connectivity index (χ0n) is 27.5. The number of rotatable bonds is 7. The van der Waals surface area contributed by atoms with Crippen molar-refractivity contribution in [2.45, 2.75) is 40.0 Å². The second-order valence-electron chi connectivity index (χ2n) is 12.8. The zero-order valence-corrected chi connectivity index (χ0v) is 27.5. The molecule has 7 aromatic rings. The first-order chi connectivity index (χ1) is 22.8. The quantitative estimate of drug-likeness (QED) is 0.168. The van der Waals surface area contributed by atoms with Crippen LogP contribution in [0.1, 0.15) is 40.2 Å². The molecule has 0 atom stereocenters. The molecule has 0 saturated heterocycles. The Balaban J connectivity index is 1.26. The Morgan fingerprint density at radius 1 is 0.681 bits per heavy atom. The molecule has 2 aromatic heterocycles. The fourth-order valence-electron chi connectivity index (χ4n) is 6.14. The average Bonchev–Trinajstić information content (AvgIpc) is 3.71. The van der Waals surface area contributed by atoms with Crippen LogP contribution in [0.15, 0.2) is 150 Å². The van der Waals surface area contributed by atoms with Crippen molar-refractivity contribution in [2.75, 3.05) is 4.90 Å². The van der Waals surface area contributed by atoms with Gasteiger partial charge in [-0.1, -0.05) is 81.5 Å². The minimum Gasteiger partial charge on any atom is -0.416 e. The van der Waals surface area contributed by atoms with Gasteiger partial charge in [0.15, 0.2) is 0 Å². The number of aromatic nitrogens is 3. The van der Waals surface area contributed by atoms with Gasteiger partial charge in [0.2, 0.25) is 11.8 Å². The molecule has 0 aliphatic heterocycles. The summed E-state index contributed by atoms with van der Waals surface area (Å²) in [5.41, 5.74) is 9.86. The molecule has 0 aliphatic rings. The third-order valence-corrected chi connectivity index (χ3v) is 8.61. The van der Waals surface area contributed by atoms with Crippen molar-refractivity contribution >= 4 is 33.2 Å². The fraction of sp³-hybridized carbons (Fsp3) is 0.143. The van der Waals surface area contributed by atoms with Crippen molar-refractivity contribution in [1.29, 1.82) is 0 Å². The highest BCUT2D eigenvalue weighted by Gasteiger charge is 2.18. The Labute approximate surface area is 276 Å². The minimum atomic E-state index is 0.0847. The largest absolute Gasteiger partial charge is 0.416 e. The SMILES string of the molecule is C/C=C\C=C(/C)N(c1ccc(-c2nnc(-c3ccc(C(C)(C)C)cc3)o2)cc1)c1ccc2c(c1)c1ccccc1n2-c1ccccc1. The highest BCUT2D eigenvalue weighted by atomic mass is 16.4. The maximum absolute atomic E-state index is 6.14. The van der Waals surface area contributed by atoms with Crippen LogP contribution in [-0.2, 0) is 5.41 Å². The molecular formula is C42H38N4O. The van der Waals surface area contributed by atoms with Gasteiger partial charge < -0.3 is 13.9 Å². The van der Waals surface area contributed by atoms with Crippen LogP contribution < -0.4 is 4.90 Å². The first-order valence-electron chi connectivity index (χ1n) is 16.0. The molecule has 5 nitrogen and oxygen atoms in total. The summed E-state index contributed by atoms with van der Waals surface area (Å²) >= 11 is 0. The number of allylic oxidation sites excluding steroid dienone is 4. The smallest absolute Gasteiger partial charge is 0.248 e. The van der Waals surface area contributed by atoms with E-state index in [1.54, 1.807) is 0 Å². The van der Waals surface area contributed by atoms with Crippen molar-refractivity contribution in [1.82, 2.24) is 14.8 Å². The Hall–Kier alpha value is -5.68. The topological polar surface area (TPSA) is 47.1 Å². The van der Waals surface area contributed by atoms with Crippen LogP contribution >= 0.6 is 0 Å². The van der Waals surface area contributed by atoms with Gasteiger partial charge in [-0.2, -0.15) is 0 Å². The number of para-hydroxylation sites is 2. The van der Waals surface area contributed by atoms with Gasteiger partial charge in [-0.05, 0) is 104 Å². The first-order valence-corrected chi connectivity index (χ1v) is 16.0. The Bertz CT molecular complexity index is 2230. The standard InChI is InChI=1S/C42H38N4O/c1-6-7-13-29(2)45(35-26-27-39-37(28-35)36-16-11-12-17-38(36)46(39)33-14-9-8-10-15-33)34-24-20-31(21-25-34)41-44-43-40(47-41)30-18-22-32(23-19-30)42(3,4)5/h6-28H,1-5H3/b7-6-,29-13+. The number of benzene rings is 5. The summed E-state index contributed by atoms with van der Waals surface area (Å²) in [4.78, 5) is 2.29. The fourth-order valence-corrected chi connectivity index (χ4v) is 6.14. The lowest BCUT2D eigenvalue weighted by Gasteiger charge is -2.26. The van der Waals surface area contributed by atoms with E-state index in [1.165, 1.54) is 27.4 Å². The van der Waals surface area contributed by atoms with Crippen LogP contribution in [0.4, 0.5) is 11.4 Å². The van der Waals surface area contributed by atoms with Crippen molar-refractivity contribution in [2.24, 2.45) is 0 Å². The third kappa shape index (κ3) is 5.77. The van der Waals surface area contributed by atoms with Crippen LogP contribution in [0.5, 0.6) is 0 Å². The molecule has 7 rings (SSSR count). The maximum Gasteiger partial charge on any atom is 0.248 e. The molecule has 0 radical (unpaired) electrons. The lowest BCUT2D eigenvalue weighted by molar-refractivity contribution is 0.582. The first kappa shape index (κ1) is 30.0. The number of hydrogen-bond acceptors (Lipinski definition) is 4. The molecular weight excluding hydrogens is 576 g/mol. The number of nitrogens with zero attached hydrogens (tertiary/aromatic N) is 4. The highest BCUT2D eigenvalue weighted by molar-refractivity contribution is 6.10. The van der Waals surface area contributed by atoms with Gasteiger partial charge in [0.1, 0.15) is 0 Å². The summed E-state index contributed by atoms with van der Waals surface area (Å²) in [6.07, 6.45) is 6.26. The Morgan fingerprint density at radius 2 is 1.28 bits per heavy atom. The van der Waals surface area contributed by atoms with E-state index in [0.29, 0.717) is 11.8 Å². The number of fused-ring (bicyclic) bond motifs is 3. The van der Waals surface area contributed by atoms with Crippen LogP contribution in [0, 0.1) is 0 Å². The summed E-state index contributed by atoms with van der Waals surface area (Å²) < 4.78 is 8.48. The van der Waals surface area contributed by atoms with Crippen molar-refractivity contribution in [3.05, 3.63) is 151 Å². The molecule has 0 fully saturated rings. The van der Waals surface area contributed by atoms with Gasteiger partial charge in [-0.3, -0.25) is 0 Å². The Morgan fingerprint density at radius 3 is 1.94 bits per heavy atom.